The van der Waals surface area contributed by atoms with E-state index >= 15 is 0 Å². The minimum atomic E-state index is -4.85. The van der Waals surface area contributed by atoms with Crippen LogP contribution in [0.15, 0.2) is 24.3 Å². The van der Waals surface area contributed by atoms with Gasteiger partial charge in [0.1, 0.15) is 0 Å². The van der Waals surface area contributed by atoms with Crippen LogP contribution in [-0.2, 0) is 0 Å². The Bertz CT molecular complexity index is 363. The maximum absolute atomic E-state index is 12.3. The Labute approximate surface area is 88.2 Å². The predicted molar refractivity (Wildman–Crippen MR) is 49.6 cm³/mol. The molecule has 3 nitrogen and oxygen atoms in total. The first-order valence-corrected chi connectivity index (χ1v) is 4.12. The molecular formula is C8H6ClF3N2O. The highest BCUT2D eigenvalue weighted by Gasteiger charge is 2.41. The molecule has 0 bridgehead atoms. The molecule has 82 valence electrons. The lowest BCUT2D eigenvalue weighted by atomic mass is 10.3. The molecule has 0 atom stereocenters. The molecule has 0 unspecified atom stereocenters. The van der Waals surface area contributed by atoms with Gasteiger partial charge in [-0.2, -0.15) is 0 Å². The van der Waals surface area contributed by atoms with Gasteiger partial charge in [0.05, 0.1) is 5.69 Å². The molecule has 0 aliphatic heterocycles. The van der Waals surface area contributed by atoms with E-state index < -0.39 is 17.2 Å². The van der Waals surface area contributed by atoms with Gasteiger partial charge in [0.2, 0.25) is 0 Å². The van der Waals surface area contributed by atoms with Crippen LogP contribution in [0.5, 0.6) is 0 Å². The van der Waals surface area contributed by atoms with E-state index in [1.54, 1.807) is 0 Å². The van der Waals surface area contributed by atoms with Gasteiger partial charge < -0.3 is 5.73 Å². The van der Waals surface area contributed by atoms with Crippen LogP contribution in [0, 0.1) is 0 Å². The van der Waals surface area contributed by atoms with Crippen molar-refractivity contribution in [1.82, 2.24) is 0 Å². The number of amides is 2. The van der Waals surface area contributed by atoms with E-state index in [0.717, 1.165) is 12.1 Å². The van der Waals surface area contributed by atoms with E-state index in [1.165, 1.54) is 12.1 Å². The maximum atomic E-state index is 12.3. The van der Waals surface area contributed by atoms with Gasteiger partial charge in [-0.25, -0.2) is 9.69 Å². The van der Waals surface area contributed by atoms with Crippen molar-refractivity contribution in [2.24, 2.45) is 5.73 Å². The first-order valence-electron chi connectivity index (χ1n) is 3.74. The second kappa shape index (κ2) is 3.98. The molecule has 7 heteroatoms. The fraction of sp³-hybridized carbons (Fsp3) is 0.125. The molecule has 0 aliphatic carbocycles. The number of urea groups is 1. The van der Waals surface area contributed by atoms with Crippen LogP contribution in [0.25, 0.3) is 0 Å². The Morgan fingerprint density at radius 2 is 1.73 bits per heavy atom. The van der Waals surface area contributed by atoms with E-state index in [2.05, 4.69) is 5.73 Å². The monoisotopic (exact) mass is 238 g/mol. The molecule has 0 fully saturated rings. The maximum Gasteiger partial charge on any atom is 0.493 e. The van der Waals surface area contributed by atoms with Crippen molar-refractivity contribution in [3.8, 4) is 0 Å². The van der Waals surface area contributed by atoms with Gasteiger partial charge in [-0.15, -0.1) is 13.2 Å². The van der Waals surface area contributed by atoms with Crippen LogP contribution in [-0.4, -0.2) is 12.3 Å². The summed E-state index contributed by atoms with van der Waals surface area (Å²) in [5, 5.41) is 0.269. The summed E-state index contributed by atoms with van der Waals surface area (Å²) in [7, 11) is 0. The van der Waals surface area contributed by atoms with Gasteiger partial charge in [0.25, 0.3) is 0 Å². The summed E-state index contributed by atoms with van der Waals surface area (Å²) >= 11 is 5.49. The third kappa shape index (κ3) is 2.76. The van der Waals surface area contributed by atoms with Crippen LogP contribution in [0.1, 0.15) is 0 Å². The normalized spacial score (nSPS) is 11.2. The van der Waals surface area contributed by atoms with Gasteiger partial charge in [0, 0.05) is 5.02 Å². The number of halogens is 4. The SMILES string of the molecule is NC(=O)N(c1ccc(Cl)cc1)C(F)(F)F. The Morgan fingerprint density at radius 3 is 2.07 bits per heavy atom. The third-order valence-electron chi connectivity index (χ3n) is 1.56. The second-order valence-corrected chi connectivity index (χ2v) is 3.05. The van der Waals surface area contributed by atoms with Gasteiger partial charge in [-0.05, 0) is 24.3 Å². The average molecular weight is 239 g/mol. The molecule has 2 amide bonds. The van der Waals surface area contributed by atoms with Gasteiger partial charge in [-0.3, -0.25) is 0 Å². The molecule has 0 saturated carbocycles. The fourth-order valence-electron chi connectivity index (χ4n) is 0.989. The zero-order valence-corrected chi connectivity index (χ0v) is 8.01. The average Bonchev–Trinajstić information content (AvgIpc) is 2.05. The van der Waals surface area contributed by atoms with Crippen molar-refractivity contribution in [2.75, 3.05) is 4.90 Å². The standard InChI is InChI=1S/C8H6ClF3N2O/c9-5-1-3-6(4-2-5)14(7(13)15)8(10,11)12/h1-4H,(H2,13,15). The van der Waals surface area contributed by atoms with E-state index in [-0.39, 0.29) is 10.7 Å². The highest BCUT2D eigenvalue weighted by molar-refractivity contribution is 6.30. The van der Waals surface area contributed by atoms with E-state index in [1.807, 2.05) is 0 Å². The second-order valence-electron chi connectivity index (χ2n) is 2.62. The molecule has 1 rings (SSSR count). The molecular weight excluding hydrogens is 233 g/mol. The van der Waals surface area contributed by atoms with Crippen LogP contribution >= 0.6 is 11.6 Å². The van der Waals surface area contributed by atoms with Crippen molar-refractivity contribution < 1.29 is 18.0 Å². The largest absolute Gasteiger partial charge is 0.493 e. The number of hydrogen-bond donors (Lipinski definition) is 1. The number of nitrogens with two attached hydrogens (primary N) is 1. The Hall–Kier alpha value is -1.43. The number of hydrogen-bond acceptors (Lipinski definition) is 1. The molecule has 0 saturated heterocycles. The number of anilines is 1. The first-order chi connectivity index (χ1) is 6.82. The highest BCUT2D eigenvalue weighted by Crippen LogP contribution is 2.28. The summed E-state index contributed by atoms with van der Waals surface area (Å²) < 4.78 is 37.0. The molecule has 1 aromatic rings. The molecule has 2 N–H and O–H groups in total. The van der Waals surface area contributed by atoms with Crippen molar-refractivity contribution in [3.05, 3.63) is 29.3 Å². The molecule has 0 aliphatic rings. The number of carbonyl (C=O) groups excluding carboxylic acids is 1. The number of rotatable bonds is 1. The highest BCUT2D eigenvalue weighted by atomic mass is 35.5. The summed E-state index contributed by atoms with van der Waals surface area (Å²) in [5.41, 5.74) is 4.25. The summed E-state index contributed by atoms with van der Waals surface area (Å²) in [4.78, 5) is 10.2. The summed E-state index contributed by atoms with van der Waals surface area (Å²) in [6.07, 6.45) is -4.85. The van der Waals surface area contributed by atoms with E-state index in [4.69, 9.17) is 11.6 Å². The van der Waals surface area contributed by atoms with Crippen molar-refractivity contribution in [3.63, 3.8) is 0 Å². The number of primary amides is 1. The molecule has 0 radical (unpaired) electrons. The minimum absolute atomic E-state index is 0.269. The Kier molecular flexibility index (Phi) is 3.09. The van der Waals surface area contributed by atoms with Gasteiger partial charge in [-0.1, -0.05) is 11.6 Å². The van der Waals surface area contributed by atoms with Crippen molar-refractivity contribution >= 4 is 23.3 Å². The van der Waals surface area contributed by atoms with Crippen molar-refractivity contribution in [1.29, 1.82) is 0 Å². The lowest BCUT2D eigenvalue weighted by Crippen LogP contribution is -2.46. The zero-order valence-electron chi connectivity index (χ0n) is 7.25. The Balaban J connectivity index is 3.11. The van der Waals surface area contributed by atoms with Crippen LogP contribution < -0.4 is 10.6 Å². The Morgan fingerprint density at radius 1 is 1.27 bits per heavy atom. The van der Waals surface area contributed by atoms with E-state index in [9.17, 15) is 18.0 Å². The summed E-state index contributed by atoms with van der Waals surface area (Å²) in [6, 6.07) is 2.99. The molecule has 0 spiro atoms. The van der Waals surface area contributed by atoms with Crippen molar-refractivity contribution in [2.45, 2.75) is 6.30 Å². The van der Waals surface area contributed by atoms with Gasteiger partial charge >= 0.3 is 12.3 Å². The zero-order chi connectivity index (χ0) is 11.6. The molecule has 0 heterocycles. The van der Waals surface area contributed by atoms with Crippen LogP contribution in [0.2, 0.25) is 5.02 Å². The molecule has 0 aromatic heterocycles. The van der Waals surface area contributed by atoms with Gasteiger partial charge in [0.15, 0.2) is 0 Å². The molecule has 15 heavy (non-hydrogen) atoms. The number of benzene rings is 1. The summed E-state index contributed by atoms with van der Waals surface area (Å²) in [5.74, 6) is 0. The predicted octanol–water partition coefficient (Wildman–Crippen LogP) is 2.74. The minimum Gasteiger partial charge on any atom is -0.351 e. The van der Waals surface area contributed by atoms with E-state index in [0.29, 0.717) is 0 Å². The fourth-order valence-corrected chi connectivity index (χ4v) is 1.11. The number of carbonyl (C=O) groups is 1. The topological polar surface area (TPSA) is 46.3 Å². The van der Waals surface area contributed by atoms with Crippen LogP contribution in [0.4, 0.5) is 23.7 Å². The molecule has 1 aromatic carbocycles. The smallest absolute Gasteiger partial charge is 0.351 e. The first kappa shape index (κ1) is 11.6. The lowest BCUT2D eigenvalue weighted by Gasteiger charge is -2.22. The number of nitrogens with zero attached hydrogens (tertiary/aromatic N) is 1. The summed E-state index contributed by atoms with van der Waals surface area (Å²) in [6.45, 7) is 0. The van der Waals surface area contributed by atoms with Crippen LogP contribution in [0.3, 0.4) is 0 Å². The third-order valence-corrected chi connectivity index (χ3v) is 1.81. The quantitative estimate of drug-likeness (QED) is 0.752. The lowest BCUT2D eigenvalue weighted by molar-refractivity contribution is -0.120. The number of alkyl halides is 3.